The third kappa shape index (κ3) is 3.54. The maximum atomic E-state index is 13.8. The Morgan fingerprint density at radius 3 is 2.20 bits per heavy atom. The first-order valence-corrected chi connectivity index (χ1v) is 12.2. The summed E-state index contributed by atoms with van der Waals surface area (Å²) in [5, 5.41) is 9.24. The molecule has 1 saturated heterocycles. The molecule has 2 aromatic heterocycles. The van der Waals surface area contributed by atoms with Crippen molar-refractivity contribution in [2.45, 2.75) is 19.8 Å². The van der Waals surface area contributed by atoms with Gasteiger partial charge in [0.2, 0.25) is 0 Å². The summed E-state index contributed by atoms with van der Waals surface area (Å²) in [6.07, 6.45) is 3.79. The van der Waals surface area contributed by atoms with Gasteiger partial charge in [0.15, 0.2) is 0 Å². The Labute approximate surface area is 210 Å². The van der Waals surface area contributed by atoms with Gasteiger partial charge in [-0.3, -0.25) is 14.6 Å². The van der Waals surface area contributed by atoms with Gasteiger partial charge in [-0.15, -0.1) is 5.10 Å². The average molecular weight is 529 g/mol. The molecular formula is C26H21BrN6O2. The maximum absolute atomic E-state index is 13.8. The molecule has 0 N–H and O–H groups in total. The highest BCUT2D eigenvalue weighted by atomic mass is 79.9. The van der Waals surface area contributed by atoms with E-state index < -0.39 is 5.91 Å². The van der Waals surface area contributed by atoms with Crippen molar-refractivity contribution in [1.82, 2.24) is 20.0 Å². The van der Waals surface area contributed by atoms with Gasteiger partial charge >= 0.3 is 0 Å². The lowest BCUT2D eigenvalue weighted by Gasteiger charge is -2.20. The molecule has 0 atom stereocenters. The molecule has 6 rings (SSSR count). The van der Waals surface area contributed by atoms with E-state index in [9.17, 15) is 9.59 Å². The lowest BCUT2D eigenvalue weighted by molar-refractivity contribution is 0.0926. The molecule has 0 unspecified atom stereocenters. The SMILES string of the molecule is Cc1nn(-c2ccc(Br)cc2)nc1-c1ncc(N2CCCC2)c2c1C(=O)N(c1ccccc1)C2=O. The molecule has 174 valence electrons. The molecule has 2 aromatic carbocycles. The normalized spacial score (nSPS) is 15.3. The summed E-state index contributed by atoms with van der Waals surface area (Å²) in [6.45, 7) is 3.49. The van der Waals surface area contributed by atoms with Crippen molar-refractivity contribution in [1.29, 1.82) is 0 Å². The van der Waals surface area contributed by atoms with Crippen molar-refractivity contribution < 1.29 is 9.59 Å². The van der Waals surface area contributed by atoms with Crippen LogP contribution in [0.1, 0.15) is 39.3 Å². The summed E-state index contributed by atoms with van der Waals surface area (Å²) in [7, 11) is 0. The van der Waals surface area contributed by atoms with Crippen LogP contribution in [0.5, 0.6) is 0 Å². The molecule has 2 aliphatic rings. The molecule has 0 spiro atoms. The fourth-order valence-corrected chi connectivity index (χ4v) is 4.98. The zero-order chi connectivity index (χ0) is 24.1. The number of amides is 2. The molecule has 2 amide bonds. The predicted molar refractivity (Wildman–Crippen MR) is 136 cm³/mol. The third-order valence-electron chi connectivity index (χ3n) is 6.42. The standard InChI is InChI=1S/C26H21BrN6O2/c1-16-23(30-33(29-16)19-11-9-17(27)10-12-19)24-22-21(20(15-28-24)31-13-5-6-14-31)25(34)32(26(22)35)18-7-3-2-4-8-18/h2-4,7-12,15H,5-6,13-14H2,1H3. The first-order chi connectivity index (χ1) is 17.0. The number of aryl methyl sites for hydroxylation is 1. The predicted octanol–water partition coefficient (Wildman–Crippen LogP) is 4.80. The summed E-state index contributed by atoms with van der Waals surface area (Å²) < 4.78 is 0.951. The summed E-state index contributed by atoms with van der Waals surface area (Å²) >= 11 is 3.44. The topological polar surface area (TPSA) is 84.2 Å². The van der Waals surface area contributed by atoms with Crippen molar-refractivity contribution in [2.24, 2.45) is 0 Å². The minimum atomic E-state index is -0.391. The first-order valence-electron chi connectivity index (χ1n) is 11.4. The van der Waals surface area contributed by atoms with Crippen LogP contribution in [0.15, 0.2) is 65.3 Å². The van der Waals surface area contributed by atoms with Crippen molar-refractivity contribution in [2.75, 3.05) is 22.9 Å². The van der Waals surface area contributed by atoms with E-state index in [2.05, 4.69) is 31.0 Å². The van der Waals surface area contributed by atoms with Crippen LogP contribution >= 0.6 is 15.9 Å². The number of carbonyl (C=O) groups excluding carboxylic acids is 2. The number of pyridine rings is 1. The molecular weight excluding hydrogens is 508 g/mol. The molecule has 2 aliphatic heterocycles. The van der Waals surface area contributed by atoms with Crippen LogP contribution in [-0.2, 0) is 0 Å². The number of hydrogen-bond donors (Lipinski definition) is 0. The van der Waals surface area contributed by atoms with Gasteiger partial charge in [0, 0.05) is 17.6 Å². The molecule has 35 heavy (non-hydrogen) atoms. The number of para-hydroxylation sites is 1. The van der Waals surface area contributed by atoms with Crippen LogP contribution in [0.2, 0.25) is 0 Å². The number of halogens is 1. The monoisotopic (exact) mass is 528 g/mol. The minimum Gasteiger partial charge on any atom is -0.370 e. The molecule has 0 bridgehead atoms. The van der Waals surface area contributed by atoms with E-state index in [4.69, 9.17) is 4.98 Å². The van der Waals surface area contributed by atoms with Gasteiger partial charge in [0.1, 0.15) is 11.4 Å². The fraction of sp³-hybridized carbons (Fsp3) is 0.192. The van der Waals surface area contributed by atoms with Crippen LogP contribution in [-0.4, -0.2) is 44.9 Å². The summed E-state index contributed by atoms with van der Waals surface area (Å²) in [6, 6.07) is 16.6. The third-order valence-corrected chi connectivity index (χ3v) is 6.95. The smallest absolute Gasteiger partial charge is 0.268 e. The van der Waals surface area contributed by atoms with Crippen molar-refractivity contribution in [3.05, 3.63) is 82.1 Å². The maximum Gasteiger partial charge on any atom is 0.268 e. The summed E-state index contributed by atoms with van der Waals surface area (Å²) in [4.78, 5) is 37.1. The van der Waals surface area contributed by atoms with Crippen LogP contribution < -0.4 is 9.80 Å². The molecule has 0 radical (unpaired) electrons. The zero-order valence-electron chi connectivity index (χ0n) is 19.0. The highest BCUT2D eigenvalue weighted by Crippen LogP contribution is 2.39. The minimum absolute atomic E-state index is 0.286. The number of fused-ring (bicyclic) bond motifs is 1. The molecule has 1 fully saturated rings. The number of aromatic nitrogens is 4. The van der Waals surface area contributed by atoms with Crippen molar-refractivity contribution >= 4 is 39.1 Å². The van der Waals surface area contributed by atoms with E-state index in [1.165, 1.54) is 9.70 Å². The number of rotatable bonds is 4. The second kappa shape index (κ2) is 8.42. The summed E-state index contributed by atoms with van der Waals surface area (Å²) in [5.41, 5.74) is 4.17. The number of hydrogen-bond acceptors (Lipinski definition) is 6. The Morgan fingerprint density at radius 2 is 1.49 bits per heavy atom. The number of anilines is 2. The van der Waals surface area contributed by atoms with Gasteiger partial charge in [-0.2, -0.15) is 9.90 Å². The lowest BCUT2D eigenvalue weighted by atomic mass is 10.0. The van der Waals surface area contributed by atoms with E-state index >= 15 is 0 Å². The molecule has 8 nitrogen and oxygen atoms in total. The lowest BCUT2D eigenvalue weighted by Crippen LogP contribution is -2.30. The quantitative estimate of drug-likeness (QED) is 0.353. The van der Waals surface area contributed by atoms with E-state index in [1.807, 2.05) is 49.4 Å². The highest BCUT2D eigenvalue weighted by Gasteiger charge is 2.43. The number of nitrogens with zero attached hydrogens (tertiary/aromatic N) is 6. The van der Waals surface area contributed by atoms with Gasteiger partial charge in [0.25, 0.3) is 11.8 Å². The van der Waals surface area contributed by atoms with Crippen molar-refractivity contribution in [3.63, 3.8) is 0 Å². The van der Waals surface area contributed by atoms with Crippen LogP contribution in [0.25, 0.3) is 17.1 Å². The molecule has 4 heterocycles. The fourth-order valence-electron chi connectivity index (χ4n) is 4.72. The second-order valence-corrected chi connectivity index (χ2v) is 9.53. The first kappa shape index (κ1) is 21.7. The van der Waals surface area contributed by atoms with E-state index in [1.54, 1.807) is 18.3 Å². The highest BCUT2D eigenvalue weighted by molar-refractivity contribution is 9.10. The van der Waals surface area contributed by atoms with Gasteiger partial charge in [-0.1, -0.05) is 34.1 Å². The Bertz CT molecular complexity index is 1460. The zero-order valence-corrected chi connectivity index (χ0v) is 20.6. The van der Waals surface area contributed by atoms with E-state index in [0.29, 0.717) is 34.0 Å². The van der Waals surface area contributed by atoms with Crippen LogP contribution in [0.4, 0.5) is 11.4 Å². The molecule has 0 saturated carbocycles. The Morgan fingerprint density at radius 1 is 0.800 bits per heavy atom. The Hall–Kier alpha value is -3.85. The van der Waals surface area contributed by atoms with Gasteiger partial charge in [-0.25, -0.2) is 4.90 Å². The molecule has 0 aliphatic carbocycles. The Kier molecular flexibility index (Phi) is 5.21. The van der Waals surface area contributed by atoms with Crippen LogP contribution in [0.3, 0.4) is 0 Å². The van der Waals surface area contributed by atoms with Crippen LogP contribution in [0, 0.1) is 6.92 Å². The average Bonchev–Trinajstić information content (AvgIpc) is 3.59. The number of carbonyl (C=O) groups is 2. The summed E-state index contributed by atoms with van der Waals surface area (Å²) in [5.74, 6) is -0.725. The van der Waals surface area contributed by atoms with Crippen molar-refractivity contribution in [3.8, 4) is 17.1 Å². The van der Waals surface area contributed by atoms with Gasteiger partial charge < -0.3 is 4.90 Å². The number of imide groups is 1. The van der Waals surface area contributed by atoms with E-state index in [0.717, 1.165) is 36.1 Å². The van der Waals surface area contributed by atoms with Gasteiger partial charge in [0.05, 0.1) is 40.1 Å². The largest absolute Gasteiger partial charge is 0.370 e. The molecule has 4 aromatic rings. The Balaban J connectivity index is 1.52. The number of benzene rings is 2. The van der Waals surface area contributed by atoms with E-state index in [-0.39, 0.29) is 11.5 Å². The second-order valence-electron chi connectivity index (χ2n) is 8.62. The molecule has 9 heteroatoms. The van der Waals surface area contributed by atoms with Gasteiger partial charge in [-0.05, 0) is 56.2 Å².